The summed E-state index contributed by atoms with van der Waals surface area (Å²) < 4.78 is 0. The Morgan fingerprint density at radius 3 is 2.13 bits per heavy atom. The number of hydrogen-bond donors (Lipinski definition) is 1. The lowest BCUT2D eigenvalue weighted by molar-refractivity contribution is -0.147. The van der Waals surface area contributed by atoms with Crippen LogP contribution in [0.15, 0.2) is 0 Å². The van der Waals surface area contributed by atoms with Gasteiger partial charge in [0.15, 0.2) is 0 Å². The van der Waals surface area contributed by atoms with Crippen LogP contribution in [-0.4, -0.2) is 11.1 Å². The van der Waals surface area contributed by atoms with Crippen molar-refractivity contribution in [2.24, 2.45) is 11.3 Å². The molecule has 90 valence electrons. The van der Waals surface area contributed by atoms with Crippen molar-refractivity contribution in [3.63, 3.8) is 0 Å². The summed E-state index contributed by atoms with van der Waals surface area (Å²) >= 11 is 0. The number of carbonyl (C=O) groups is 1. The van der Waals surface area contributed by atoms with Gasteiger partial charge in [-0.25, -0.2) is 0 Å². The van der Waals surface area contributed by atoms with Gasteiger partial charge in [-0.15, -0.1) is 0 Å². The van der Waals surface area contributed by atoms with Crippen molar-refractivity contribution in [3.8, 4) is 0 Å². The highest BCUT2D eigenvalue weighted by Crippen LogP contribution is 2.24. The Morgan fingerprint density at radius 1 is 1.13 bits per heavy atom. The smallest absolute Gasteiger partial charge is 0.309 e. The van der Waals surface area contributed by atoms with Gasteiger partial charge in [-0.05, 0) is 26.2 Å². The Hall–Kier alpha value is -0.530. The Labute approximate surface area is 94.1 Å². The van der Waals surface area contributed by atoms with Crippen molar-refractivity contribution in [1.29, 1.82) is 0 Å². The molecule has 0 atom stereocenters. The summed E-state index contributed by atoms with van der Waals surface area (Å²) in [5.41, 5.74) is -0.544. The van der Waals surface area contributed by atoms with E-state index in [1.807, 2.05) is 13.8 Å². The van der Waals surface area contributed by atoms with Crippen molar-refractivity contribution < 1.29 is 9.90 Å². The zero-order chi connectivity index (χ0) is 11.9. The fourth-order valence-corrected chi connectivity index (χ4v) is 1.58. The molecule has 0 aliphatic heterocycles. The van der Waals surface area contributed by atoms with Gasteiger partial charge in [0, 0.05) is 0 Å². The molecular weight excluding hydrogens is 188 g/mol. The maximum Gasteiger partial charge on any atom is 0.309 e. The van der Waals surface area contributed by atoms with Crippen LogP contribution in [0.4, 0.5) is 0 Å². The molecule has 0 heterocycles. The molecule has 0 bridgehead atoms. The highest BCUT2D eigenvalue weighted by atomic mass is 16.4. The average Bonchev–Trinajstić information content (AvgIpc) is 2.10. The Bertz CT molecular complexity index is 183. The number of unbranched alkanes of at least 4 members (excludes halogenated alkanes) is 3. The van der Waals surface area contributed by atoms with E-state index >= 15 is 0 Å². The number of rotatable bonds is 8. The second-order valence-corrected chi connectivity index (χ2v) is 5.54. The first-order chi connectivity index (χ1) is 6.86. The fraction of sp³-hybridized carbons (Fsp3) is 0.923. The van der Waals surface area contributed by atoms with Gasteiger partial charge in [0.05, 0.1) is 5.41 Å². The summed E-state index contributed by atoms with van der Waals surface area (Å²) in [4.78, 5) is 10.8. The predicted octanol–water partition coefficient (Wildman–Crippen LogP) is 4.09. The van der Waals surface area contributed by atoms with E-state index in [9.17, 15) is 4.79 Å². The zero-order valence-corrected chi connectivity index (χ0v) is 10.7. The highest BCUT2D eigenvalue weighted by molar-refractivity contribution is 5.73. The molecule has 0 saturated carbocycles. The first kappa shape index (κ1) is 14.5. The lowest BCUT2D eigenvalue weighted by Crippen LogP contribution is -2.23. The van der Waals surface area contributed by atoms with Crippen LogP contribution in [0.3, 0.4) is 0 Å². The van der Waals surface area contributed by atoms with Gasteiger partial charge in [0.1, 0.15) is 0 Å². The second-order valence-electron chi connectivity index (χ2n) is 5.54. The minimum absolute atomic E-state index is 0.544. The molecule has 2 heteroatoms. The maximum atomic E-state index is 10.8. The molecule has 0 fully saturated rings. The van der Waals surface area contributed by atoms with Crippen LogP contribution in [0.25, 0.3) is 0 Å². The van der Waals surface area contributed by atoms with Crippen molar-refractivity contribution in [2.75, 3.05) is 0 Å². The van der Waals surface area contributed by atoms with Crippen LogP contribution in [0, 0.1) is 11.3 Å². The normalized spacial score (nSPS) is 12.1. The van der Waals surface area contributed by atoms with Gasteiger partial charge in [0.25, 0.3) is 0 Å². The minimum atomic E-state index is -0.676. The van der Waals surface area contributed by atoms with Gasteiger partial charge in [-0.3, -0.25) is 4.79 Å². The molecule has 0 unspecified atom stereocenters. The topological polar surface area (TPSA) is 37.3 Å². The monoisotopic (exact) mass is 214 g/mol. The van der Waals surface area contributed by atoms with E-state index in [0.29, 0.717) is 0 Å². The SMILES string of the molecule is CC(C)CCCCCCC(C)(C)C(=O)O. The van der Waals surface area contributed by atoms with Crippen LogP contribution in [0.1, 0.15) is 66.2 Å². The number of carboxylic acids is 1. The van der Waals surface area contributed by atoms with Gasteiger partial charge in [-0.1, -0.05) is 46.0 Å². The minimum Gasteiger partial charge on any atom is -0.481 e. The van der Waals surface area contributed by atoms with Gasteiger partial charge in [0.2, 0.25) is 0 Å². The molecule has 0 aromatic heterocycles. The average molecular weight is 214 g/mol. The van der Waals surface area contributed by atoms with Crippen molar-refractivity contribution in [3.05, 3.63) is 0 Å². The molecule has 0 aromatic rings. The van der Waals surface area contributed by atoms with E-state index in [2.05, 4.69) is 13.8 Å². The van der Waals surface area contributed by atoms with E-state index in [1.165, 1.54) is 25.7 Å². The van der Waals surface area contributed by atoms with Crippen LogP contribution in [0.2, 0.25) is 0 Å². The van der Waals surface area contributed by atoms with Crippen molar-refractivity contribution in [2.45, 2.75) is 66.2 Å². The van der Waals surface area contributed by atoms with Gasteiger partial charge in [-0.2, -0.15) is 0 Å². The molecule has 0 rings (SSSR count). The molecule has 0 aromatic carbocycles. The lowest BCUT2D eigenvalue weighted by Gasteiger charge is -2.18. The van der Waals surface area contributed by atoms with Crippen LogP contribution in [-0.2, 0) is 4.79 Å². The van der Waals surface area contributed by atoms with Crippen LogP contribution < -0.4 is 0 Å². The Morgan fingerprint density at radius 2 is 1.67 bits per heavy atom. The van der Waals surface area contributed by atoms with Crippen LogP contribution in [0.5, 0.6) is 0 Å². The lowest BCUT2D eigenvalue weighted by atomic mass is 9.87. The highest BCUT2D eigenvalue weighted by Gasteiger charge is 2.25. The molecule has 0 spiro atoms. The summed E-state index contributed by atoms with van der Waals surface area (Å²) in [5, 5.41) is 8.92. The fourth-order valence-electron chi connectivity index (χ4n) is 1.58. The third-order valence-corrected chi connectivity index (χ3v) is 2.91. The standard InChI is InChI=1S/C13H26O2/c1-11(2)9-7-5-6-8-10-13(3,4)12(14)15/h11H,5-10H2,1-4H3,(H,14,15). The predicted molar refractivity (Wildman–Crippen MR) is 64.0 cm³/mol. The molecule has 0 saturated heterocycles. The third-order valence-electron chi connectivity index (χ3n) is 2.91. The molecule has 0 aliphatic carbocycles. The maximum absolute atomic E-state index is 10.8. The summed E-state index contributed by atoms with van der Waals surface area (Å²) in [5.74, 6) is 0.116. The quantitative estimate of drug-likeness (QED) is 0.618. The largest absolute Gasteiger partial charge is 0.481 e. The second kappa shape index (κ2) is 6.86. The van der Waals surface area contributed by atoms with E-state index in [-0.39, 0.29) is 0 Å². The van der Waals surface area contributed by atoms with Crippen LogP contribution >= 0.6 is 0 Å². The summed E-state index contributed by atoms with van der Waals surface area (Å²) in [6, 6.07) is 0. The number of carboxylic acid groups (broad SMARTS) is 1. The number of aliphatic carboxylic acids is 1. The number of hydrogen-bond acceptors (Lipinski definition) is 1. The first-order valence-corrected chi connectivity index (χ1v) is 6.09. The molecular formula is C13H26O2. The van der Waals surface area contributed by atoms with E-state index < -0.39 is 11.4 Å². The molecule has 0 amide bonds. The summed E-state index contributed by atoms with van der Waals surface area (Å²) in [7, 11) is 0. The molecule has 0 radical (unpaired) electrons. The van der Waals surface area contributed by atoms with Crippen molar-refractivity contribution in [1.82, 2.24) is 0 Å². The molecule has 2 nitrogen and oxygen atoms in total. The Balaban J connectivity index is 3.43. The van der Waals surface area contributed by atoms with Crippen molar-refractivity contribution >= 4 is 5.97 Å². The molecule has 0 aliphatic rings. The van der Waals surface area contributed by atoms with Gasteiger partial charge >= 0.3 is 5.97 Å². The molecule has 15 heavy (non-hydrogen) atoms. The first-order valence-electron chi connectivity index (χ1n) is 6.09. The third kappa shape index (κ3) is 7.40. The summed E-state index contributed by atoms with van der Waals surface area (Å²) in [6.07, 6.45) is 6.83. The van der Waals surface area contributed by atoms with E-state index in [4.69, 9.17) is 5.11 Å². The van der Waals surface area contributed by atoms with E-state index in [1.54, 1.807) is 0 Å². The Kier molecular flexibility index (Phi) is 6.62. The summed E-state index contributed by atoms with van der Waals surface area (Å²) in [6.45, 7) is 8.11. The molecule has 1 N–H and O–H groups in total. The van der Waals surface area contributed by atoms with Gasteiger partial charge < -0.3 is 5.11 Å². The zero-order valence-electron chi connectivity index (χ0n) is 10.7. The van der Waals surface area contributed by atoms with E-state index in [0.717, 1.165) is 18.8 Å².